The van der Waals surface area contributed by atoms with Gasteiger partial charge in [0.05, 0.1) is 10.6 Å². The Morgan fingerprint density at radius 3 is 2.83 bits per heavy atom. The summed E-state index contributed by atoms with van der Waals surface area (Å²) in [5.41, 5.74) is 6.04. The lowest BCUT2D eigenvalue weighted by atomic mass is 10.1. The molecule has 1 saturated heterocycles. The Hall–Kier alpha value is -1.75. The minimum Gasteiger partial charge on any atom is -0.461 e. The maximum absolute atomic E-state index is 11.5. The van der Waals surface area contributed by atoms with Crippen LogP contribution in [0.15, 0.2) is 18.2 Å². The number of amides is 1. The largest absolute Gasteiger partial charge is 0.461 e. The quantitative estimate of drug-likeness (QED) is 0.815. The number of esters is 1. The first-order chi connectivity index (χ1) is 8.47. The Labute approximate surface area is 109 Å². The van der Waals surface area contributed by atoms with E-state index >= 15 is 0 Å². The highest BCUT2D eigenvalue weighted by molar-refractivity contribution is 6.33. The van der Waals surface area contributed by atoms with Crippen LogP contribution in [0.1, 0.15) is 23.7 Å². The highest BCUT2D eigenvalue weighted by Gasteiger charge is 2.31. The Balaban J connectivity index is 2.17. The summed E-state index contributed by atoms with van der Waals surface area (Å²) in [5.74, 6) is -0.899. The van der Waals surface area contributed by atoms with Gasteiger partial charge in [0.2, 0.25) is 5.91 Å². The van der Waals surface area contributed by atoms with Crippen molar-refractivity contribution in [1.82, 2.24) is 0 Å². The molecule has 0 aliphatic carbocycles. The number of halogens is 1. The molecule has 0 spiro atoms. The van der Waals surface area contributed by atoms with Crippen molar-refractivity contribution in [2.24, 2.45) is 5.73 Å². The molecule has 1 aromatic carbocycles. The van der Waals surface area contributed by atoms with Crippen LogP contribution < -0.4 is 11.1 Å². The van der Waals surface area contributed by atoms with E-state index in [4.69, 9.17) is 22.1 Å². The van der Waals surface area contributed by atoms with Gasteiger partial charge in [0.15, 0.2) is 0 Å². The van der Waals surface area contributed by atoms with E-state index in [0.29, 0.717) is 12.1 Å². The topological polar surface area (TPSA) is 81.4 Å². The number of nitrogens with two attached hydrogens (primary N) is 1. The first-order valence-corrected chi connectivity index (χ1v) is 5.91. The van der Waals surface area contributed by atoms with E-state index in [1.165, 1.54) is 6.07 Å². The second-order valence-corrected chi connectivity index (χ2v) is 4.65. The number of carbonyl (C=O) groups is 2. The fourth-order valence-electron chi connectivity index (χ4n) is 1.88. The van der Waals surface area contributed by atoms with Crippen LogP contribution in [0.4, 0.5) is 5.69 Å². The molecule has 1 heterocycles. The highest BCUT2D eigenvalue weighted by Crippen LogP contribution is 2.23. The molecule has 1 aliphatic rings. The third-order valence-electron chi connectivity index (χ3n) is 2.74. The van der Waals surface area contributed by atoms with Gasteiger partial charge in [-0.3, -0.25) is 4.79 Å². The van der Waals surface area contributed by atoms with Crippen LogP contribution in [0.3, 0.4) is 0 Å². The molecule has 1 aliphatic heterocycles. The first-order valence-electron chi connectivity index (χ1n) is 5.53. The Morgan fingerprint density at radius 2 is 2.28 bits per heavy atom. The summed E-state index contributed by atoms with van der Waals surface area (Å²) in [6, 6.07) is 4.38. The third-order valence-corrected chi connectivity index (χ3v) is 3.07. The number of ether oxygens (including phenoxy) is 1. The highest BCUT2D eigenvalue weighted by atomic mass is 35.5. The number of carbonyl (C=O) groups excluding carboxylic acids is 2. The van der Waals surface area contributed by atoms with E-state index in [9.17, 15) is 9.59 Å². The molecule has 2 rings (SSSR count). The lowest BCUT2D eigenvalue weighted by Crippen LogP contribution is -2.24. The Bertz CT molecular complexity index is 504. The SMILES string of the molecule is C[C@@H]1C[C@@H](Nc2ccc(Cl)c(C(N)=O)c2)C(=O)O1. The Morgan fingerprint density at radius 1 is 1.56 bits per heavy atom. The molecule has 0 saturated carbocycles. The van der Waals surface area contributed by atoms with Gasteiger partial charge in [0, 0.05) is 12.1 Å². The van der Waals surface area contributed by atoms with Crippen LogP contribution in [0.5, 0.6) is 0 Å². The third kappa shape index (κ3) is 2.56. The van der Waals surface area contributed by atoms with Crippen molar-refractivity contribution < 1.29 is 14.3 Å². The van der Waals surface area contributed by atoms with Gasteiger partial charge in [0.1, 0.15) is 12.1 Å². The number of rotatable bonds is 3. The summed E-state index contributed by atoms with van der Waals surface area (Å²) < 4.78 is 5.03. The van der Waals surface area contributed by atoms with Gasteiger partial charge in [0.25, 0.3) is 0 Å². The molecule has 3 N–H and O–H groups in total. The van der Waals surface area contributed by atoms with Crippen LogP contribution in [0, 0.1) is 0 Å². The fraction of sp³-hybridized carbons (Fsp3) is 0.333. The number of nitrogens with one attached hydrogen (secondary N) is 1. The maximum Gasteiger partial charge on any atom is 0.328 e. The molecular weight excluding hydrogens is 256 g/mol. The van der Waals surface area contributed by atoms with Gasteiger partial charge in [-0.15, -0.1) is 0 Å². The number of anilines is 1. The van der Waals surface area contributed by atoms with Crippen molar-refractivity contribution in [3.8, 4) is 0 Å². The van der Waals surface area contributed by atoms with Crippen LogP contribution in [0.2, 0.25) is 5.02 Å². The van der Waals surface area contributed by atoms with E-state index in [2.05, 4.69) is 5.32 Å². The molecule has 0 aromatic heterocycles. The average Bonchev–Trinajstić information content (AvgIpc) is 2.60. The average molecular weight is 269 g/mol. The molecule has 6 heteroatoms. The predicted molar refractivity (Wildman–Crippen MR) is 67.6 cm³/mol. The smallest absolute Gasteiger partial charge is 0.328 e. The van der Waals surface area contributed by atoms with Gasteiger partial charge in [-0.1, -0.05) is 11.6 Å². The zero-order valence-corrected chi connectivity index (χ0v) is 10.5. The lowest BCUT2D eigenvalue weighted by molar-refractivity contribution is -0.141. The zero-order chi connectivity index (χ0) is 13.3. The van der Waals surface area contributed by atoms with Crippen molar-refractivity contribution in [2.75, 3.05) is 5.32 Å². The summed E-state index contributed by atoms with van der Waals surface area (Å²) in [7, 11) is 0. The minimum absolute atomic E-state index is 0.0992. The number of benzene rings is 1. The molecular formula is C12H13ClN2O3. The summed E-state index contributed by atoms with van der Waals surface area (Å²) in [6.45, 7) is 1.83. The van der Waals surface area contributed by atoms with E-state index in [1.54, 1.807) is 12.1 Å². The van der Waals surface area contributed by atoms with Gasteiger partial charge in [-0.05, 0) is 25.1 Å². The first kappa shape index (κ1) is 12.7. The monoisotopic (exact) mass is 268 g/mol. The fourth-order valence-corrected chi connectivity index (χ4v) is 2.09. The summed E-state index contributed by atoms with van der Waals surface area (Å²) >= 11 is 5.84. The molecule has 0 bridgehead atoms. The van der Waals surface area contributed by atoms with Crippen LogP contribution in [-0.4, -0.2) is 24.0 Å². The van der Waals surface area contributed by atoms with E-state index < -0.39 is 11.9 Å². The zero-order valence-electron chi connectivity index (χ0n) is 9.77. The van der Waals surface area contributed by atoms with Gasteiger partial charge in [-0.2, -0.15) is 0 Å². The van der Waals surface area contributed by atoms with Crippen LogP contribution in [0.25, 0.3) is 0 Å². The molecule has 0 unspecified atom stereocenters. The van der Waals surface area contributed by atoms with Crippen LogP contribution >= 0.6 is 11.6 Å². The van der Waals surface area contributed by atoms with E-state index in [1.807, 2.05) is 6.92 Å². The molecule has 96 valence electrons. The van der Waals surface area contributed by atoms with Crippen LogP contribution in [-0.2, 0) is 9.53 Å². The normalized spacial score (nSPS) is 22.7. The van der Waals surface area contributed by atoms with Crippen molar-refractivity contribution in [1.29, 1.82) is 0 Å². The number of hydrogen-bond acceptors (Lipinski definition) is 4. The van der Waals surface area contributed by atoms with Crippen molar-refractivity contribution in [3.63, 3.8) is 0 Å². The number of primary amides is 1. The number of hydrogen-bond donors (Lipinski definition) is 2. The number of cyclic esters (lactones) is 1. The van der Waals surface area contributed by atoms with E-state index in [0.717, 1.165) is 0 Å². The van der Waals surface area contributed by atoms with Crippen molar-refractivity contribution >= 4 is 29.2 Å². The molecule has 2 atom stereocenters. The Kier molecular flexibility index (Phi) is 3.43. The second kappa shape index (κ2) is 4.86. The molecule has 18 heavy (non-hydrogen) atoms. The van der Waals surface area contributed by atoms with Crippen molar-refractivity contribution in [2.45, 2.75) is 25.5 Å². The summed E-state index contributed by atoms with van der Waals surface area (Å²) in [5, 5.41) is 3.29. The molecule has 5 nitrogen and oxygen atoms in total. The van der Waals surface area contributed by atoms with Crippen molar-refractivity contribution in [3.05, 3.63) is 28.8 Å². The van der Waals surface area contributed by atoms with Gasteiger partial charge >= 0.3 is 5.97 Å². The second-order valence-electron chi connectivity index (χ2n) is 4.24. The van der Waals surface area contributed by atoms with Gasteiger partial charge in [-0.25, -0.2) is 4.79 Å². The van der Waals surface area contributed by atoms with Gasteiger partial charge < -0.3 is 15.8 Å². The molecule has 1 fully saturated rings. The van der Waals surface area contributed by atoms with E-state index in [-0.39, 0.29) is 22.7 Å². The maximum atomic E-state index is 11.5. The summed E-state index contributed by atoms with van der Waals surface area (Å²) in [4.78, 5) is 22.6. The molecule has 0 radical (unpaired) electrons. The molecule has 1 amide bonds. The summed E-state index contributed by atoms with van der Waals surface area (Å²) in [6.07, 6.45) is 0.491. The standard InChI is InChI=1S/C12H13ClN2O3/c1-6-4-10(12(17)18-6)15-7-2-3-9(13)8(5-7)11(14)16/h2-3,5-6,10,15H,4H2,1H3,(H2,14,16)/t6-,10-/m1/s1. The lowest BCUT2D eigenvalue weighted by Gasteiger charge is -2.11. The predicted octanol–water partition coefficient (Wildman–Crippen LogP) is 1.55. The molecule has 1 aromatic rings. The minimum atomic E-state index is -0.606.